The molecule has 0 radical (unpaired) electrons. The van der Waals surface area contributed by atoms with Crippen LogP contribution in [0.1, 0.15) is 104 Å². The standard InChI is InChI=1S/C22H42N2/c1-3-5-7-9-11-13-15-20-16-17-21(23)22(24,19-20)18-14-12-10-8-6-4-2/h16-17,19,21H,3-15,18,23-24H2,1-2H3. The molecule has 140 valence electrons. The Kier molecular flexibility index (Phi) is 11.4. The molecule has 0 amide bonds. The number of hydrogen-bond donors (Lipinski definition) is 2. The first kappa shape index (κ1) is 21.4. The molecule has 0 fully saturated rings. The van der Waals surface area contributed by atoms with E-state index in [0.717, 1.165) is 12.8 Å². The molecular formula is C22H42N2. The summed E-state index contributed by atoms with van der Waals surface area (Å²) in [6.45, 7) is 4.53. The maximum atomic E-state index is 6.65. The molecule has 0 aromatic heterocycles. The third-order valence-electron chi connectivity index (χ3n) is 5.37. The summed E-state index contributed by atoms with van der Waals surface area (Å²) < 4.78 is 0. The molecule has 0 saturated heterocycles. The van der Waals surface area contributed by atoms with Crippen LogP contribution >= 0.6 is 0 Å². The van der Waals surface area contributed by atoms with Gasteiger partial charge in [-0.05, 0) is 19.3 Å². The first-order valence-corrected chi connectivity index (χ1v) is 10.6. The van der Waals surface area contributed by atoms with Crippen LogP contribution in [-0.2, 0) is 0 Å². The molecule has 0 bridgehead atoms. The minimum Gasteiger partial charge on any atom is -0.323 e. The van der Waals surface area contributed by atoms with Crippen LogP contribution in [-0.4, -0.2) is 11.6 Å². The van der Waals surface area contributed by atoms with E-state index < -0.39 is 0 Å². The van der Waals surface area contributed by atoms with Crippen LogP contribution in [0, 0.1) is 0 Å². The number of unbranched alkanes of at least 4 members (excludes halogenated alkanes) is 10. The molecule has 2 heteroatoms. The highest BCUT2D eigenvalue weighted by Gasteiger charge is 2.30. The highest BCUT2D eigenvalue weighted by atomic mass is 14.8. The molecule has 2 unspecified atom stereocenters. The number of rotatable bonds is 14. The first-order chi connectivity index (χ1) is 11.6. The molecule has 0 heterocycles. The summed E-state index contributed by atoms with van der Waals surface area (Å²) in [5.74, 6) is 0. The Balaban J connectivity index is 2.31. The summed E-state index contributed by atoms with van der Waals surface area (Å²) in [6, 6.07) is -0.0264. The van der Waals surface area contributed by atoms with Gasteiger partial charge in [-0.25, -0.2) is 0 Å². The average Bonchev–Trinajstić information content (AvgIpc) is 2.57. The Morgan fingerprint density at radius 1 is 0.833 bits per heavy atom. The Labute approximate surface area is 151 Å². The van der Waals surface area contributed by atoms with Crippen LogP contribution < -0.4 is 11.5 Å². The SMILES string of the molecule is CCCCCCCCC1=CC(N)(CCCCCCCC)C(N)C=C1. The molecule has 4 N–H and O–H groups in total. The molecule has 1 rings (SSSR count). The predicted octanol–water partition coefficient (Wildman–Crippen LogP) is 6.01. The van der Waals surface area contributed by atoms with Crippen molar-refractivity contribution in [2.75, 3.05) is 0 Å². The second-order valence-corrected chi connectivity index (χ2v) is 7.75. The Morgan fingerprint density at radius 2 is 1.38 bits per heavy atom. The van der Waals surface area contributed by atoms with E-state index in [1.165, 1.54) is 82.6 Å². The maximum absolute atomic E-state index is 6.65. The lowest BCUT2D eigenvalue weighted by molar-refractivity contribution is 0.407. The summed E-state index contributed by atoms with van der Waals surface area (Å²) in [6.07, 6.45) is 24.7. The molecular weight excluding hydrogens is 292 g/mol. The lowest BCUT2D eigenvalue weighted by atomic mass is 9.80. The van der Waals surface area contributed by atoms with E-state index >= 15 is 0 Å². The smallest absolute Gasteiger partial charge is 0.0534 e. The Bertz CT molecular complexity index is 372. The van der Waals surface area contributed by atoms with Gasteiger partial charge in [0.25, 0.3) is 0 Å². The monoisotopic (exact) mass is 334 g/mol. The van der Waals surface area contributed by atoms with Crippen molar-refractivity contribution < 1.29 is 0 Å². The number of hydrogen-bond acceptors (Lipinski definition) is 2. The minimum absolute atomic E-state index is 0.0264. The summed E-state index contributed by atoms with van der Waals surface area (Å²) in [5.41, 5.74) is 14.0. The van der Waals surface area contributed by atoms with Gasteiger partial charge in [0.05, 0.1) is 5.54 Å². The van der Waals surface area contributed by atoms with E-state index in [0.29, 0.717) is 0 Å². The third-order valence-corrected chi connectivity index (χ3v) is 5.37. The summed E-state index contributed by atoms with van der Waals surface area (Å²) in [4.78, 5) is 0. The van der Waals surface area contributed by atoms with E-state index in [-0.39, 0.29) is 11.6 Å². The zero-order valence-electron chi connectivity index (χ0n) is 16.4. The molecule has 2 atom stereocenters. The lowest BCUT2D eigenvalue weighted by Gasteiger charge is -2.34. The topological polar surface area (TPSA) is 52.0 Å². The predicted molar refractivity (Wildman–Crippen MR) is 108 cm³/mol. The maximum Gasteiger partial charge on any atom is 0.0534 e. The zero-order valence-corrected chi connectivity index (χ0v) is 16.4. The molecule has 0 aromatic carbocycles. The van der Waals surface area contributed by atoms with Crippen molar-refractivity contribution in [3.63, 3.8) is 0 Å². The summed E-state index contributed by atoms with van der Waals surface area (Å²) >= 11 is 0. The van der Waals surface area contributed by atoms with Gasteiger partial charge in [0, 0.05) is 6.04 Å². The van der Waals surface area contributed by atoms with Crippen molar-refractivity contribution in [2.24, 2.45) is 11.5 Å². The van der Waals surface area contributed by atoms with Gasteiger partial charge in [0.15, 0.2) is 0 Å². The fourth-order valence-electron chi connectivity index (χ4n) is 3.61. The van der Waals surface area contributed by atoms with Gasteiger partial charge in [-0.2, -0.15) is 0 Å². The molecule has 0 aliphatic heterocycles. The normalized spacial score (nSPS) is 23.5. The third kappa shape index (κ3) is 8.48. The Hall–Kier alpha value is -0.600. The molecule has 2 nitrogen and oxygen atoms in total. The van der Waals surface area contributed by atoms with Gasteiger partial charge in [-0.1, -0.05) is 108 Å². The fourth-order valence-corrected chi connectivity index (χ4v) is 3.61. The zero-order chi connectivity index (χ0) is 17.7. The van der Waals surface area contributed by atoms with Crippen molar-refractivity contribution in [1.82, 2.24) is 0 Å². The quantitative estimate of drug-likeness (QED) is 0.382. The van der Waals surface area contributed by atoms with E-state index in [1.807, 2.05) is 0 Å². The van der Waals surface area contributed by atoms with E-state index in [2.05, 4.69) is 32.1 Å². The van der Waals surface area contributed by atoms with Crippen molar-refractivity contribution in [2.45, 2.75) is 115 Å². The van der Waals surface area contributed by atoms with Crippen molar-refractivity contribution in [3.8, 4) is 0 Å². The minimum atomic E-state index is -0.322. The highest BCUT2D eigenvalue weighted by Crippen LogP contribution is 2.27. The van der Waals surface area contributed by atoms with Crippen LogP contribution in [0.25, 0.3) is 0 Å². The molecule has 0 saturated carbocycles. The van der Waals surface area contributed by atoms with Crippen LogP contribution in [0.3, 0.4) is 0 Å². The summed E-state index contributed by atoms with van der Waals surface area (Å²) in [7, 11) is 0. The van der Waals surface area contributed by atoms with Crippen LogP contribution in [0.15, 0.2) is 23.8 Å². The molecule has 1 aliphatic carbocycles. The second kappa shape index (κ2) is 12.7. The Morgan fingerprint density at radius 3 is 2.00 bits per heavy atom. The van der Waals surface area contributed by atoms with Gasteiger partial charge >= 0.3 is 0 Å². The van der Waals surface area contributed by atoms with Gasteiger partial charge in [0.1, 0.15) is 0 Å². The van der Waals surface area contributed by atoms with Gasteiger partial charge in [0.2, 0.25) is 0 Å². The highest BCUT2D eigenvalue weighted by molar-refractivity contribution is 5.33. The van der Waals surface area contributed by atoms with Crippen molar-refractivity contribution in [1.29, 1.82) is 0 Å². The average molecular weight is 335 g/mol. The van der Waals surface area contributed by atoms with Crippen molar-refractivity contribution >= 4 is 0 Å². The van der Waals surface area contributed by atoms with Crippen LogP contribution in [0.4, 0.5) is 0 Å². The van der Waals surface area contributed by atoms with Crippen molar-refractivity contribution in [3.05, 3.63) is 23.8 Å². The van der Waals surface area contributed by atoms with Gasteiger partial charge in [-0.3, -0.25) is 0 Å². The van der Waals surface area contributed by atoms with E-state index in [9.17, 15) is 0 Å². The van der Waals surface area contributed by atoms with Crippen LogP contribution in [0.5, 0.6) is 0 Å². The first-order valence-electron chi connectivity index (χ1n) is 10.6. The number of allylic oxidation sites excluding steroid dienone is 2. The molecule has 1 aliphatic rings. The van der Waals surface area contributed by atoms with E-state index in [4.69, 9.17) is 11.5 Å². The molecule has 24 heavy (non-hydrogen) atoms. The fraction of sp³-hybridized carbons (Fsp3) is 0.818. The lowest BCUT2D eigenvalue weighted by Crippen LogP contribution is -2.54. The second-order valence-electron chi connectivity index (χ2n) is 7.75. The van der Waals surface area contributed by atoms with Crippen LogP contribution in [0.2, 0.25) is 0 Å². The summed E-state index contributed by atoms with van der Waals surface area (Å²) in [5, 5.41) is 0. The van der Waals surface area contributed by atoms with Gasteiger partial charge in [-0.15, -0.1) is 0 Å². The van der Waals surface area contributed by atoms with Gasteiger partial charge < -0.3 is 11.5 Å². The molecule has 0 spiro atoms. The number of nitrogens with two attached hydrogens (primary N) is 2. The largest absolute Gasteiger partial charge is 0.323 e. The molecule has 0 aromatic rings. The van der Waals surface area contributed by atoms with E-state index in [1.54, 1.807) is 0 Å².